The summed E-state index contributed by atoms with van der Waals surface area (Å²) in [5, 5.41) is 7.87. The molecule has 20 heavy (non-hydrogen) atoms. The zero-order valence-corrected chi connectivity index (χ0v) is 11.8. The minimum absolute atomic E-state index is 0.0284. The van der Waals surface area contributed by atoms with Gasteiger partial charge < -0.3 is 5.41 Å². The van der Waals surface area contributed by atoms with Crippen molar-refractivity contribution in [1.29, 1.82) is 5.41 Å². The third-order valence-corrected chi connectivity index (χ3v) is 3.26. The Morgan fingerprint density at radius 2 is 1.65 bits per heavy atom. The van der Waals surface area contributed by atoms with Gasteiger partial charge in [0, 0.05) is 23.3 Å². The minimum atomic E-state index is 0.0284. The van der Waals surface area contributed by atoms with Gasteiger partial charge in [0.15, 0.2) is 5.78 Å². The lowest BCUT2D eigenvalue weighted by atomic mass is 9.97. The van der Waals surface area contributed by atoms with Crippen molar-refractivity contribution in [3.63, 3.8) is 0 Å². The van der Waals surface area contributed by atoms with Crippen LogP contribution < -0.4 is 0 Å². The highest BCUT2D eigenvalue weighted by molar-refractivity contribution is 6.11. The molecule has 0 amide bonds. The van der Waals surface area contributed by atoms with Gasteiger partial charge in [-0.05, 0) is 24.5 Å². The fourth-order valence-electron chi connectivity index (χ4n) is 2.11. The van der Waals surface area contributed by atoms with Crippen LogP contribution in [0.1, 0.15) is 40.4 Å². The number of benzene rings is 2. The van der Waals surface area contributed by atoms with Gasteiger partial charge in [-0.3, -0.25) is 4.79 Å². The third kappa shape index (κ3) is 3.02. The summed E-state index contributed by atoms with van der Waals surface area (Å²) in [6.45, 7) is 3.94. The van der Waals surface area contributed by atoms with Gasteiger partial charge in [-0.25, -0.2) is 0 Å². The van der Waals surface area contributed by atoms with E-state index in [1.165, 1.54) is 0 Å². The van der Waals surface area contributed by atoms with Crippen LogP contribution in [-0.2, 0) is 0 Å². The van der Waals surface area contributed by atoms with E-state index < -0.39 is 0 Å². The van der Waals surface area contributed by atoms with Gasteiger partial charge in [-0.1, -0.05) is 55.5 Å². The van der Waals surface area contributed by atoms with Gasteiger partial charge in [-0.15, -0.1) is 0 Å². The van der Waals surface area contributed by atoms with Gasteiger partial charge in [0.2, 0.25) is 0 Å². The predicted molar refractivity (Wildman–Crippen MR) is 82.5 cm³/mol. The van der Waals surface area contributed by atoms with Crippen LogP contribution in [0, 0.1) is 18.8 Å². The first-order valence-electron chi connectivity index (χ1n) is 6.76. The maximum absolute atomic E-state index is 12.4. The first-order valence-corrected chi connectivity index (χ1v) is 6.76. The Morgan fingerprint density at radius 1 is 1.05 bits per heavy atom. The number of carbonyl (C=O) groups excluding carboxylic acids is 1. The Balaban J connectivity index is 2.24. The third-order valence-electron chi connectivity index (χ3n) is 3.26. The summed E-state index contributed by atoms with van der Waals surface area (Å²) in [7, 11) is 0. The highest BCUT2D eigenvalue weighted by Gasteiger charge is 2.11. The number of carbonyl (C=O) groups is 1. The second kappa shape index (κ2) is 6.29. The lowest BCUT2D eigenvalue weighted by Crippen LogP contribution is -2.05. The first kappa shape index (κ1) is 14.2. The molecule has 0 saturated carbocycles. The maximum atomic E-state index is 12.4. The van der Waals surface area contributed by atoms with Crippen molar-refractivity contribution in [3.05, 3.63) is 77.2 Å². The molecular weight excluding hydrogens is 246 g/mol. The summed E-state index contributed by atoms with van der Waals surface area (Å²) in [6.07, 6.45) is 2.70. The van der Waals surface area contributed by atoms with Crippen LogP contribution in [0.2, 0.25) is 0 Å². The van der Waals surface area contributed by atoms with Crippen molar-refractivity contribution in [1.82, 2.24) is 0 Å². The molecule has 0 bridgehead atoms. The highest BCUT2D eigenvalue weighted by Crippen LogP contribution is 2.15. The standard InChI is InChI=1S/C18H18NO/c1-3-6-17(19)14-9-11-15(12-10-14)18(20)16-8-5-4-7-13(16)2/h4-12,19H,3H2,1-2H3. The van der Waals surface area contributed by atoms with Crippen LogP contribution in [0.15, 0.2) is 48.5 Å². The molecule has 1 N–H and O–H groups in total. The van der Waals surface area contributed by atoms with E-state index in [2.05, 4.69) is 0 Å². The largest absolute Gasteiger partial charge is 0.304 e. The van der Waals surface area contributed by atoms with Crippen LogP contribution in [0.4, 0.5) is 0 Å². The highest BCUT2D eigenvalue weighted by atomic mass is 16.1. The summed E-state index contributed by atoms with van der Waals surface area (Å²) < 4.78 is 0. The Labute approximate surface area is 120 Å². The number of nitrogens with one attached hydrogen (secondary N) is 1. The van der Waals surface area contributed by atoms with E-state index in [1.807, 2.05) is 56.7 Å². The first-order chi connectivity index (χ1) is 9.63. The topological polar surface area (TPSA) is 40.9 Å². The normalized spacial score (nSPS) is 10.3. The average molecular weight is 264 g/mol. The summed E-state index contributed by atoms with van der Waals surface area (Å²) in [6, 6.07) is 14.8. The zero-order valence-electron chi connectivity index (χ0n) is 11.8. The van der Waals surface area contributed by atoms with Crippen molar-refractivity contribution in [2.45, 2.75) is 20.3 Å². The Hall–Kier alpha value is -2.22. The summed E-state index contributed by atoms with van der Waals surface area (Å²) in [4.78, 5) is 12.4. The molecule has 0 heterocycles. The van der Waals surface area contributed by atoms with Crippen molar-refractivity contribution in [2.24, 2.45) is 0 Å². The molecule has 0 fully saturated rings. The Kier molecular flexibility index (Phi) is 4.46. The molecule has 2 aromatic rings. The molecule has 2 rings (SSSR count). The Bertz CT molecular complexity index is 626. The number of hydrogen-bond donors (Lipinski definition) is 1. The summed E-state index contributed by atoms with van der Waals surface area (Å²) in [5.41, 5.74) is 3.71. The van der Waals surface area contributed by atoms with Crippen LogP contribution in [0.5, 0.6) is 0 Å². The second-order valence-corrected chi connectivity index (χ2v) is 4.75. The molecule has 0 atom stereocenters. The molecule has 101 valence electrons. The monoisotopic (exact) mass is 264 g/mol. The molecule has 0 unspecified atom stereocenters. The fourth-order valence-corrected chi connectivity index (χ4v) is 2.11. The lowest BCUT2D eigenvalue weighted by molar-refractivity contribution is 0.103. The number of rotatable bonds is 5. The molecule has 2 aromatic carbocycles. The number of hydrogen-bond acceptors (Lipinski definition) is 2. The van der Waals surface area contributed by atoms with E-state index in [1.54, 1.807) is 12.1 Å². The smallest absolute Gasteiger partial charge is 0.193 e. The Morgan fingerprint density at radius 3 is 2.25 bits per heavy atom. The molecule has 0 aliphatic carbocycles. The van der Waals surface area contributed by atoms with Crippen LogP contribution in [0.3, 0.4) is 0 Å². The average Bonchev–Trinajstić information content (AvgIpc) is 2.47. The van der Waals surface area contributed by atoms with Gasteiger partial charge in [0.05, 0.1) is 0 Å². The van der Waals surface area contributed by atoms with E-state index >= 15 is 0 Å². The van der Waals surface area contributed by atoms with E-state index in [9.17, 15) is 4.79 Å². The van der Waals surface area contributed by atoms with E-state index in [-0.39, 0.29) is 5.78 Å². The molecule has 0 aromatic heterocycles. The van der Waals surface area contributed by atoms with Gasteiger partial charge in [0.1, 0.15) is 0 Å². The van der Waals surface area contributed by atoms with E-state index in [0.29, 0.717) is 11.3 Å². The second-order valence-electron chi connectivity index (χ2n) is 4.75. The molecule has 0 aliphatic heterocycles. The van der Waals surface area contributed by atoms with E-state index in [4.69, 9.17) is 5.41 Å². The van der Waals surface area contributed by atoms with E-state index in [0.717, 1.165) is 23.1 Å². The van der Waals surface area contributed by atoms with Gasteiger partial charge >= 0.3 is 0 Å². The summed E-state index contributed by atoms with van der Waals surface area (Å²) in [5.74, 6) is 0.0284. The van der Waals surface area contributed by atoms with Crippen LogP contribution in [-0.4, -0.2) is 11.5 Å². The molecule has 0 saturated heterocycles. The molecule has 0 aliphatic rings. The number of aryl methyl sites for hydroxylation is 1. The van der Waals surface area contributed by atoms with Crippen molar-refractivity contribution < 1.29 is 4.79 Å². The van der Waals surface area contributed by atoms with Crippen molar-refractivity contribution in [3.8, 4) is 0 Å². The molecule has 2 nitrogen and oxygen atoms in total. The van der Waals surface area contributed by atoms with Gasteiger partial charge in [-0.2, -0.15) is 0 Å². The molecule has 0 spiro atoms. The van der Waals surface area contributed by atoms with Crippen LogP contribution >= 0.6 is 0 Å². The molecule has 1 radical (unpaired) electrons. The number of ketones is 1. The quantitative estimate of drug-likeness (QED) is 0.638. The lowest BCUT2D eigenvalue weighted by Gasteiger charge is -2.06. The molecule has 2 heteroatoms. The zero-order chi connectivity index (χ0) is 14.5. The van der Waals surface area contributed by atoms with Crippen LogP contribution in [0.25, 0.3) is 0 Å². The van der Waals surface area contributed by atoms with Crippen molar-refractivity contribution in [2.75, 3.05) is 0 Å². The van der Waals surface area contributed by atoms with Gasteiger partial charge in [0.25, 0.3) is 0 Å². The maximum Gasteiger partial charge on any atom is 0.193 e. The summed E-state index contributed by atoms with van der Waals surface area (Å²) >= 11 is 0. The minimum Gasteiger partial charge on any atom is -0.304 e. The predicted octanol–water partition coefficient (Wildman–Crippen LogP) is 4.21. The van der Waals surface area contributed by atoms with Crippen molar-refractivity contribution >= 4 is 11.5 Å². The SMILES string of the molecule is CC[CH]C(=N)c1ccc(C(=O)c2ccccc2C)cc1. The molecular formula is C18H18NO. The fraction of sp³-hybridized carbons (Fsp3) is 0.167.